The van der Waals surface area contributed by atoms with E-state index in [1.165, 1.54) is 5.56 Å². The second-order valence-corrected chi connectivity index (χ2v) is 8.48. The van der Waals surface area contributed by atoms with Crippen LogP contribution in [0.15, 0.2) is 55.1 Å². The van der Waals surface area contributed by atoms with Gasteiger partial charge < -0.3 is 15.3 Å². The minimum Gasteiger partial charge on any atom is -0.393 e. The van der Waals surface area contributed by atoms with Gasteiger partial charge in [0.15, 0.2) is 0 Å². The highest BCUT2D eigenvalue weighted by atomic mass is 16.3. The molecule has 0 aliphatic carbocycles. The SMILES string of the molecule is CC(C)c1cnn2ccc(-c3ccnc(Nc4ccc(N5CCC(O)CC5=O)cn4)n3)cc12. The third-order valence-corrected chi connectivity index (χ3v) is 5.82. The summed E-state index contributed by atoms with van der Waals surface area (Å²) in [5.41, 5.74) is 4.73. The van der Waals surface area contributed by atoms with E-state index in [-0.39, 0.29) is 12.3 Å². The van der Waals surface area contributed by atoms with Gasteiger partial charge in [0.25, 0.3) is 0 Å². The molecular formula is C24H25N7O2. The summed E-state index contributed by atoms with van der Waals surface area (Å²) < 4.78 is 1.87. The zero-order valence-corrected chi connectivity index (χ0v) is 18.5. The van der Waals surface area contributed by atoms with Gasteiger partial charge >= 0.3 is 0 Å². The number of anilines is 3. The van der Waals surface area contributed by atoms with E-state index in [9.17, 15) is 9.90 Å². The molecule has 5 heterocycles. The van der Waals surface area contributed by atoms with Crippen LogP contribution >= 0.6 is 0 Å². The lowest BCUT2D eigenvalue weighted by Crippen LogP contribution is -2.40. The molecule has 0 radical (unpaired) electrons. The summed E-state index contributed by atoms with van der Waals surface area (Å²) in [7, 11) is 0. The smallest absolute Gasteiger partial charge is 0.229 e. The lowest BCUT2D eigenvalue weighted by Gasteiger charge is -2.29. The van der Waals surface area contributed by atoms with E-state index >= 15 is 0 Å². The number of hydrogen-bond acceptors (Lipinski definition) is 7. The van der Waals surface area contributed by atoms with Crippen molar-refractivity contribution in [2.24, 2.45) is 0 Å². The van der Waals surface area contributed by atoms with Crippen molar-refractivity contribution in [3.8, 4) is 11.3 Å². The van der Waals surface area contributed by atoms with Gasteiger partial charge in [-0.05, 0) is 42.7 Å². The molecule has 0 saturated carbocycles. The minimum absolute atomic E-state index is 0.0944. The normalized spacial score (nSPS) is 16.5. The van der Waals surface area contributed by atoms with E-state index in [1.54, 1.807) is 23.4 Å². The van der Waals surface area contributed by atoms with Crippen LogP contribution in [0.1, 0.15) is 38.2 Å². The van der Waals surface area contributed by atoms with Crippen LogP contribution in [-0.2, 0) is 4.79 Å². The van der Waals surface area contributed by atoms with Crippen LogP contribution in [0.25, 0.3) is 16.8 Å². The Labute approximate surface area is 191 Å². The number of aliphatic hydroxyl groups is 1. The second-order valence-electron chi connectivity index (χ2n) is 8.48. The summed E-state index contributed by atoms with van der Waals surface area (Å²) >= 11 is 0. The number of fused-ring (bicyclic) bond motifs is 1. The first kappa shape index (κ1) is 21.0. The number of nitrogens with one attached hydrogen (secondary N) is 1. The zero-order valence-electron chi connectivity index (χ0n) is 18.5. The van der Waals surface area contributed by atoms with E-state index in [0.29, 0.717) is 36.3 Å². The number of hydrogen-bond donors (Lipinski definition) is 2. The topological polar surface area (TPSA) is 109 Å². The summed E-state index contributed by atoms with van der Waals surface area (Å²) in [6, 6.07) is 9.56. The van der Waals surface area contributed by atoms with Gasteiger partial charge in [0.1, 0.15) is 5.82 Å². The number of piperidine rings is 1. The molecule has 4 aromatic heterocycles. The Morgan fingerprint density at radius 2 is 2.03 bits per heavy atom. The Balaban J connectivity index is 1.35. The van der Waals surface area contributed by atoms with Crippen molar-refractivity contribution in [3.63, 3.8) is 0 Å². The standard InChI is InChI=1S/C24H25N7O2/c1-15(2)19-14-27-31-10-6-16(11-21(19)31)20-5-8-25-24(28-20)29-22-4-3-17(13-26-22)30-9-7-18(32)12-23(30)33/h3-6,8,10-11,13-15,18,32H,7,9,12H2,1-2H3,(H,25,26,28,29). The van der Waals surface area contributed by atoms with Crippen molar-refractivity contribution in [1.82, 2.24) is 24.6 Å². The molecular weight excluding hydrogens is 418 g/mol. The van der Waals surface area contributed by atoms with Crippen LogP contribution in [0.3, 0.4) is 0 Å². The quantitative estimate of drug-likeness (QED) is 0.486. The van der Waals surface area contributed by atoms with Crippen molar-refractivity contribution in [2.45, 2.75) is 38.7 Å². The highest BCUT2D eigenvalue weighted by Gasteiger charge is 2.25. The third kappa shape index (κ3) is 4.27. The molecule has 0 aromatic carbocycles. The van der Waals surface area contributed by atoms with Gasteiger partial charge in [-0.25, -0.2) is 19.5 Å². The van der Waals surface area contributed by atoms with E-state index in [1.807, 2.05) is 35.1 Å². The average molecular weight is 444 g/mol. The molecule has 0 spiro atoms. The highest BCUT2D eigenvalue weighted by Crippen LogP contribution is 2.26. The monoisotopic (exact) mass is 443 g/mol. The largest absolute Gasteiger partial charge is 0.393 e. The maximum absolute atomic E-state index is 12.2. The van der Waals surface area contributed by atoms with Crippen LogP contribution < -0.4 is 10.2 Å². The highest BCUT2D eigenvalue weighted by molar-refractivity contribution is 5.94. The van der Waals surface area contributed by atoms with E-state index in [2.05, 4.69) is 45.3 Å². The van der Waals surface area contributed by atoms with Crippen molar-refractivity contribution >= 4 is 28.9 Å². The maximum Gasteiger partial charge on any atom is 0.229 e. The molecule has 0 bridgehead atoms. The molecule has 9 heteroatoms. The molecule has 4 aromatic rings. The summed E-state index contributed by atoms with van der Waals surface area (Å²) in [5, 5.41) is 17.2. The average Bonchev–Trinajstić information content (AvgIpc) is 3.24. The number of nitrogens with zero attached hydrogens (tertiary/aromatic N) is 6. The Morgan fingerprint density at radius 1 is 1.15 bits per heavy atom. The molecule has 1 amide bonds. The number of pyridine rings is 2. The molecule has 1 atom stereocenters. The lowest BCUT2D eigenvalue weighted by atomic mass is 10.0. The van der Waals surface area contributed by atoms with Crippen molar-refractivity contribution in [3.05, 3.63) is 60.7 Å². The molecule has 168 valence electrons. The van der Waals surface area contributed by atoms with Gasteiger partial charge in [-0.3, -0.25) is 4.79 Å². The first-order valence-corrected chi connectivity index (χ1v) is 11.0. The summed E-state index contributed by atoms with van der Waals surface area (Å²) in [6.45, 7) is 4.79. The number of rotatable bonds is 5. The van der Waals surface area contributed by atoms with Gasteiger partial charge in [0, 0.05) is 30.1 Å². The first-order valence-electron chi connectivity index (χ1n) is 11.0. The predicted octanol–water partition coefficient (Wildman–Crippen LogP) is 3.54. The van der Waals surface area contributed by atoms with Crippen LogP contribution in [-0.4, -0.2) is 48.2 Å². The van der Waals surface area contributed by atoms with Gasteiger partial charge in [0.05, 0.1) is 41.8 Å². The Morgan fingerprint density at radius 3 is 2.79 bits per heavy atom. The number of carbonyl (C=O) groups is 1. The zero-order chi connectivity index (χ0) is 22.9. The van der Waals surface area contributed by atoms with E-state index in [0.717, 1.165) is 16.8 Å². The van der Waals surface area contributed by atoms with E-state index < -0.39 is 6.10 Å². The number of amides is 1. The molecule has 2 N–H and O–H groups in total. The van der Waals surface area contributed by atoms with Crippen LogP contribution in [0.5, 0.6) is 0 Å². The minimum atomic E-state index is -0.557. The number of carbonyl (C=O) groups excluding carboxylic acids is 1. The van der Waals surface area contributed by atoms with Gasteiger partial charge in [-0.1, -0.05) is 13.8 Å². The number of aliphatic hydroxyl groups excluding tert-OH is 1. The molecule has 1 aliphatic heterocycles. The van der Waals surface area contributed by atoms with Crippen LogP contribution in [0.2, 0.25) is 0 Å². The van der Waals surface area contributed by atoms with E-state index in [4.69, 9.17) is 0 Å². The Hall–Kier alpha value is -3.85. The molecule has 1 fully saturated rings. The third-order valence-electron chi connectivity index (χ3n) is 5.82. The molecule has 5 rings (SSSR count). The van der Waals surface area contributed by atoms with Crippen LogP contribution in [0, 0.1) is 0 Å². The van der Waals surface area contributed by atoms with Crippen LogP contribution in [0.4, 0.5) is 17.5 Å². The van der Waals surface area contributed by atoms with Gasteiger partial charge in [-0.2, -0.15) is 5.10 Å². The summed E-state index contributed by atoms with van der Waals surface area (Å²) in [6.07, 6.45) is 7.35. The fraction of sp³-hybridized carbons (Fsp3) is 0.292. The maximum atomic E-state index is 12.2. The second kappa shape index (κ2) is 8.59. The summed E-state index contributed by atoms with van der Waals surface area (Å²) in [4.78, 5) is 27.2. The molecule has 9 nitrogen and oxygen atoms in total. The molecule has 1 aliphatic rings. The van der Waals surface area contributed by atoms with Gasteiger partial charge in [-0.15, -0.1) is 0 Å². The van der Waals surface area contributed by atoms with Gasteiger partial charge in [0.2, 0.25) is 11.9 Å². The molecule has 1 saturated heterocycles. The fourth-order valence-electron chi connectivity index (χ4n) is 4.01. The Bertz CT molecular complexity index is 1300. The predicted molar refractivity (Wildman–Crippen MR) is 125 cm³/mol. The molecule has 1 unspecified atom stereocenters. The van der Waals surface area contributed by atoms with Crippen molar-refractivity contribution in [1.29, 1.82) is 0 Å². The number of aromatic nitrogens is 5. The lowest BCUT2D eigenvalue weighted by molar-refractivity contribution is -0.122. The summed E-state index contributed by atoms with van der Waals surface area (Å²) in [5.74, 6) is 1.29. The first-order chi connectivity index (χ1) is 16.0. The Kier molecular flexibility index (Phi) is 5.47. The fourth-order valence-corrected chi connectivity index (χ4v) is 4.01. The van der Waals surface area contributed by atoms with Crippen molar-refractivity contribution < 1.29 is 9.90 Å². The van der Waals surface area contributed by atoms with Crippen molar-refractivity contribution in [2.75, 3.05) is 16.8 Å². The molecule has 33 heavy (non-hydrogen) atoms.